The van der Waals surface area contributed by atoms with Gasteiger partial charge in [-0.1, -0.05) is 6.92 Å². The highest BCUT2D eigenvalue weighted by Gasteiger charge is 2.28. The average molecular weight is 277 g/mol. The van der Waals surface area contributed by atoms with Crippen LogP contribution in [0.5, 0.6) is 0 Å². The lowest BCUT2D eigenvalue weighted by Gasteiger charge is -2.34. The van der Waals surface area contributed by atoms with Crippen LogP contribution in [0.4, 0.5) is 0 Å². The number of hydrogen-bond donors (Lipinski definition) is 2. The van der Waals surface area contributed by atoms with Gasteiger partial charge in [-0.15, -0.1) is 0 Å². The van der Waals surface area contributed by atoms with Gasteiger partial charge in [0.1, 0.15) is 0 Å². The van der Waals surface area contributed by atoms with E-state index in [0.717, 1.165) is 6.26 Å². The van der Waals surface area contributed by atoms with Crippen molar-refractivity contribution in [2.45, 2.75) is 38.8 Å². The molecule has 1 amide bonds. The Morgan fingerprint density at radius 2 is 1.83 bits per heavy atom. The van der Waals surface area contributed by atoms with E-state index in [9.17, 15) is 13.2 Å². The molecule has 0 radical (unpaired) electrons. The first-order valence-electron chi connectivity index (χ1n) is 6.22. The summed E-state index contributed by atoms with van der Waals surface area (Å²) in [4.78, 5) is 13.8. The summed E-state index contributed by atoms with van der Waals surface area (Å²) in [5.41, 5.74) is 5.71. The first kappa shape index (κ1) is 15.4. The largest absolute Gasteiger partial charge is 0.342 e. The number of rotatable bonds is 4. The predicted octanol–water partition coefficient (Wildman–Crippen LogP) is -0.490. The van der Waals surface area contributed by atoms with E-state index >= 15 is 0 Å². The fraction of sp³-hybridized carbons (Fsp3) is 0.909. The number of carbonyl (C=O) groups is 1. The van der Waals surface area contributed by atoms with Crippen molar-refractivity contribution >= 4 is 15.9 Å². The lowest BCUT2D eigenvalue weighted by atomic mass is 10.00. The van der Waals surface area contributed by atoms with Gasteiger partial charge in [0.15, 0.2) is 0 Å². The summed E-state index contributed by atoms with van der Waals surface area (Å²) in [5.74, 6) is -0.132. The second kappa shape index (κ2) is 5.99. The van der Waals surface area contributed by atoms with Crippen LogP contribution in [-0.4, -0.2) is 50.7 Å². The summed E-state index contributed by atoms with van der Waals surface area (Å²) in [6.07, 6.45) is 2.47. The molecule has 3 N–H and O–H groups in total. The molecule has 1 heterocycles. The number of nitrogens with two attached hydrogens (primary N) is 1. The molecule has 0 aromatic heterocycles. The highest BCUT2D eigenvalue weighted by Crippen LogP contribution is 2.15. The van der Waals surface area contributed by atoms with Crippen molar-refractivity contribution in [3.63, 3.8) is 0 Å². The molecule has 6 nitrogen and oxygen atoms in total. The third-order valence-corrected chi connectivity index (χ3v) is 4.13. The van der Waals surface area contributed by atoms with Crippen LogP contribution in [0.25, 0.3) is 0 Å². The molecule has 0 spiro atoms. The van der Waals surface area contributed by atoms with E-state index in [0.29, 0.717) is 25.9 Å². The number of nitrogens with one attached hydrogen (secondary N) is 1. The summed E-state index contributed by atoms with van der Waals surface area (Å²) >= 11 is 0. The Labute approximate surface area is 109 Å². The van der Waals surface area contributed by atoms with Crippen LogP contribution in [0.15, 0.2) is 0 Å². The van der Waals surface area contributed by atoms with Crippen molar-refractivity contribution in [2.75, 3.05) is 19.3 Å². The lowest BCUT2D eigenvalue weighted by Crippen LogP contribution is -2.49. The van der Waals surface area contributed by atoms with E-state index in [1.54, 1.807) is 4.90 Å². The van der Waals surface area contributed by atoms with Crippen LogP contribution < -0.4 is 10.5 Å². The fourth-order valence-electron chi connectivity index (χ4n) is 2.03. The minimum absolute atomic E-state index is 0.0582. The first-order chi connectivity index (χ1) is 8.20. The van der Waals surface area contributed by atoms with Gasteiger partial charge in [-0.05, 0) is 19.8 Å². The van der Waals surface area contributed by atoms with Gasteiger partial charge in [0.2, 0.25) is 15.9 Å². The number of piperidine rings is 1. The highest BCUT2D eigenvalue weighted by atomic mass is 32.2. The Morgan fingerprint density at radius 1 is 1.33 bits per heavy atom. The monoisotopic (exact) mass is 277 g/mol. The van der Waals surface area contributed by atoms with Crippen molar-refractivity contribution in [3.8, 4) is 0 Å². The van der Waals surface area contributed by atoms with E-state index in [-0.39, 0.29) is 23.9 Å². The Bertz CT molecular complexity index is 386. The van der Waals surface area contributed by atoms with Gasteiger partial charge < -0.3 is 10.6 Å². The van der Waals surface area contributed by atoms with E-state index in [1.807, 2.05) is 13.8 Å². The fourth-order valence-corrected chi connectivity index (χ4v) is 2.87. The summed E-state index contributed by atoms with van der Waals surface area (Å²) in [6, 6.07) is -0.223. The normalized spacial score (nSPS) is 21.7. The zero-order chi connectivity index (χ0) is 13.9. The zero-order valence-electron chi connectivity index (χ0n) is 11.2. The van der Waals surface area contributed by atoms with Crippen LogP contribution in [-0.2, 0) is 14.8 Å². The number of carbonyl (C=O) groups excluding carboxylic acids is 1. The summed E-state index contributed by atoms with van der Waals surface area (Å²) in [7, 11) is -3.16. The number of nitrogens with zero attached hydrogens (tertiary/aromatic N) is 1. The van der Waals surface area contributed by atoms with Gasteiger partial charge in [0.25, 0.3) is 0 Å². The van der Waals surface area contributed by atoms with E-state index < -0.39 is 10.0 Å². The second-order valence-corrected chi connectivity index (χ2v) is 6.92. The van der Waals surface area contributed by atoms with Crippen LogP contribution in [0, 0.1) is 5.92 Å². The minimum Gasteiger partial charge on any atom is -0.342 e. The molecule has 0 aromatic rings. The molecule has 0 aromatic carbocycles. The Hall–Kier alpha value is -0.660. The maximum absolute atomic E-state index is 12.0. The summed E-state index contributed by atoms with van der Waals surface area (Å²) < 4.78 is 24.8. The van der Waals surface area contributed by atoms with Gasteiger partial charge in [0.05, 0.1) is 12.2 Å². The van der Waals surface area contributed by atoms with E-state index in [4.69, 9.17) is 5.73 Å². The topological polar surface area (TPSA) is 92.5 Å². The van der Waals surface area contributed by atoms with Crippen molar-refractivity contribution in [1.29, 1.82) is 0 Å². The molecule has 1 rings (SSSR count). The molecule has 7 heteroatoms. The Balaban J connectivity index is 2.47. The van der Waals surface area contributed by atoms with Gasteiger partial charge in [-0.25, -0.2) is 13.1 Å². The standard InChI is InChI=1S/C11H23N3O3S/c1-8(9(2)12)11(15)14-6-4-10(5-7-14)13-18(3,16)17/h8-10,13H,4-7,12H2,1-3H3. The van der Waals surface area contributed by atoms with E-state index in [2.05, 4.69) is 4.72 Å². The Morgan fingerprint density at radius 3 is 2.22 bits per heavy atom. The SMILES string of the molecule is CC(N)C(C)C(=O)N1CCC(NS(C)(=O)=O)CC1. The molecule has 0 aliphatic carbocycles. The maximum Gasteiger partial charge on any atom is 0.226 e. The predicted molar refractivity (Wildman–Crippen MR) is 70.4 cm³/mol. The third-order valence-electron chi connectivity index (χ3n) is 3.37. The van der Waals surface area contributed by atoms with Crippen LogP contribution in [0.2, 0.25) is 0 Å². The zero-order valence-corrected chi connectivity index (χ0v) is 12.0. The minimum atomic E-state index is -3.16. The first-order valence-corrected chi connectivity index (χ1v) is 8.11. The van der Waals surface area contributed by atoms with Crippen molar-refractivity contribution in [3.05, 3.63) is 0 Å². The molecule has 2 unspecified atom stereocenters. The molecule has 18 heavy (non-hydrogen) atoms. The van der Waals surface area contributed by atoms with Crippen molar-refractivity contribution in [2.24, 2.45) is 11.7 Å². The lowest BCUT2D eigenvalue weighted by molar-refractivity contribution is -0.136. The average Bonchev–Trinajstić information content (AvgIpc) is 2.26. The number of amides is 1. The smallest absolute Gasteiger partial charge is 0.226 e. The molecular weight excluding hydrogens is 254 g/mol. The molecule has 1 aliphatic heterocycles. The van der Waals surface area contributed by atoms with Crippen LogP contribution in [0.3, 0.4) is 0 Å². The molecule has 106 valence electrons. The third kappa shape index (κ3) is 4.55. The molecule has 1 aliphatic rings. The van der Waals surface area contributed by atoms with Gasteiger partial charge in [-0.2, -0.15) is 0 Å². The number of likely N-dealkylation sites (tertiary alicyclic amines) is 1. The maximum atomic E-state index is 12.0. The highest BCUT2D eigenvalue weighted by molar-refractivity contribution is 7.88. The quantitative estimate of drug-likeness (QED) is 0.725. The molecule has 1 fully saturated rings. The summed E-state index contributed by atoms with van der Waals surface area (Å²) in [5, 5.41) is 0. The van der Waals surface area contributed by atoms with Crippen molar-refractivity contribution in [1.82, 2.24) is 9.62 Å². The van der Waals surface area contributed by atoms with Crippen LogP contribution >= 0.6 is 0 Å². The molecular formula is C11H23N3O3S. The van der Waals surface area contributed by atoms with Gasteiger partial charge >= 0.3 is 0 Å². The van der Waals surface area contributed by atoms with Crippen molar-refractivity contribution < 1.29 is 13.2 Å². The number of hydrogen-bond acceptors (Lipinski definition) is 4. The molecule has 0 saturated carbocycles. The Kier molecular flexibility index (Phi) is 5.12. The second-order valence-electron chi connectivity index (χ2n) is 5.14. The van der Waals surface area contributed by atoms with E-state index in [1.165, 1.54) is 0 Å². The summed E-state index contributed by atoms with van der Waals surface area (Å²) in [6.45, 7) is 4.82. The molecule has 2 atom stereocenters. The molecule has 0 bridgehead atoms. The molecule has 1 saturated heterocycles. The van der Waals surface area contributed by atoms with Gasteiger partial charge in [0, 0.05) is 25.2 Å². The number of sulfonamides is 1. The van der Waals surface area contributed by atoms with Crippen LogP contribution in [0.1, 0.15) is 26.7 Å². The van der Waals surface area contributed by atoms with Gasteiger partial charge in [-0.3, -0.25) is 4.79 Å².